The smallest absolute Gasteiger partial charge is 0.253 e. The molecule has 2 heterocycles. The fourth-order valence-corrected chi connectivity index (χ4v) is 2.88. The Kier molecular flexibility index (Phi) is 4.57. The number of likely N-dealkylation sites (tertiary alicyclic amines) is 1. The molecule has 120 valence electrons. The van der Waals surface area contributed by atoms with Gasteiger partial charge in [0.05, 0.1) is 11.9 Å². The van der Waals surface area contributed by atoms with Crippen molar-refractivity contribution in [2.45, 2.75) is 19.4 Å². The molecule has 2 unspecified atom stereocenters. The SMILES string of the molecule is CC(N)C1CCN(C(=O)c2ccc(Nc3cccnc3)cc2)C1. The number of pyridine rings is 1. The second-order valence-electron chi connectivity index (χ2n) is 6.10. The van der Waals surface area contributed by atoms with E-state index in [1.54, 1.807) is 12.4 Å². The fourth-order valence-electron chi connectivity index (χ4n) is 2.88. The molecule has 1 aliphatic rings. The van der Waals surface area contributed by atoms with Crippen LogP contribution in [0.15, 0.2) is 48.8 Å². The minimum Gasteiger partial charge on any atom is -0.354 e. The number of rotatable bonds is 4. The second kappa shape index (κ2) is 6.79. The Labute approximate surface area is 136 Å². The van der Waals surface area contributed by atoms with Crippen LogP contribution in [0.1, 0.15) is 23.7 Å². The summed E-state index contributed by atoms with van der Waals surface area (Å²) in [5, 5.41) is 3.26. The van der Waals surface area contributed by atoms with Crippen LogP contribution in [0.25, 0.3) is 0 Å². The van der Waals surface area contributed by atoms with Gasteiger partial charge in [0.25, 0.3) is 5.91 Å². The number of nitrogens with zero attached hydrogens (tertiary/aromatic N) is 2. The Hall–Kier alpha value is -2.40. The van der Waals surface area contributed by atoms with Crippen molar-refractivity contribution < 1.29 is 4.79 Å². The standard InChI is InChI=1S/C18H22N4O/c1-13(19)15-8-10-22(12-15)18(23)14-4-6-16(7-5-14)21-17-3-2-9-20-11-17/h2-7,9,11,13,15,21H,8,10,12,19H2,1H3. The maximum Gasteiger partial charge on any atom is 0.253 e. The first-order valence-corrected chi connectivity index (χ1v) is 7.95. The van der Waals surface area contributed by atoms with Crippen LogP contribution >= 0.6 is 0 Å². The summed E-state index contributed by atoms with van der Waals surface area (Å²) in [5.41, 5.74) is 8.51. The number of carbonyl (C=O) groups is 1. The lowest BCUT2D eigenvalue weighted by Crippen LogP contribution is -2.32. The minimum atomic E-state index is 0.0843. The largest absolute Gasteiger partial charge is 0.354 e. The van der Waals surface area contributed by atoms with E-state index < -0.39 is 0 Å². The zero-order valence-corrected chi connectivity index (χ0v) is 13.3. The molecule has 3 rings (SSSR count). The summed E-state index contributed by atoms with van der Waals surface area (Å²) in [6, 6.07) is 11.5. The van der Waals surface area contributed by atoms with Crippen LogP contribution in [0.5, 0.6) is 0 Å². The summed E-state index contributed by atoms with van der Waals surface area (Å²) in [6.45, 7) is 3.56. The lowest BCUT2D eigenvalue weighted by atomic mass is 10.0. The summed E-state index contributed by atoms with van der Waals surface area (Å²) in [6.07, 6.45) is 4.49. The van der Waals surface area contributed by atoms with Crippen molar-refractivity contribution in [3.63, 3.8) is 0 Å². The maximum atomic E-state index is 12.5. The molecule has 3 N–H and O–H groups in total. The predicted octanol–water partition coefficient (Wildman–Crippen LogP) is 2.63. The van der Waals surface area contributed by atoms with Crippen molar-refractivity contribution in [3.8, 4) is 0 Å². The van der Waals surface area contributed by atoms with Crippen LogP contribution in [0.3, 0.4) is 0 Å². The third-order valence-electron chi connectivity index (χ3n) is 4.34. The highest BCUT2D eigenvalue weighted by molar-refractivity contribution is 5.94. The molecule has 1 aromatic carbocycles. The van der Waals surface area contributed by atoms with Gasteiger partial charge in [0.1, 0.15) is 0 Å². The van der Waals surface area contributed by atoms with Crippen LogP contribution in [-0.2, 0) is 0 Å². The van der Waals surface area contributed by atoms with Gasteiger partial charge < -0.3 is 16.0 Å². The third kappa shape index (κ3) is 3.68. The molecule has 1 saturated heterocycles. The quantitative estimate of drug-likeness (QED) is 0.910. The number of amides is 1. The zero-order valence-electron chi connectivity index (χ0n) is 13.3. The molecule has 5 heteroatoms. The molecular weight excluding hydrogens is 288 g/mol. The molecule has 0 bridgehead atoms. The Morgan fingerprint density at radius 1 is 1.30 bits per heavy atom. The summed E-state index contributed by atoms with van der Waals surface area (Å²) in [7, 11) is 0. The Morgan fingerprint density at radius 3 is 2.70 bits per heavy atom. The highest BCUT2D eigenvalue weighted by atomic mass is 16.2. The number of nitrogens with two attached hydrogens (primary N) is 1. The van der Waals surface area contributed by atoms with Crippen LogP contribution in [0.2, 0.25) is 0 Å². The Morgan fingerprint density at radius 2 is 2.09 bits per heavy atom. The Bertz CT molecular complexity index is 654. The summed E-state index contributed by atoms with van der Waals surface area (Å²) in [4.78, 5) is 18.5. The normalized spacial score (nSPS) is 18.7. The Balaban J connectivity index is 1.64. The van der Waals surface area contributed by atoms with Crippen molar-refractivity contribution in [2.75, 3.05) is 18.4 Å². The van der Waals surface area contributed by atoms with E-state index in [0.29, 0.717) is 11.5 Å². The summed E-state index contributed by atoms with van der Waals surface area (Å²) < 4.78 is 0. The first-order chi connectivity index (χ1) is 11.1. The van der Waals surface area contributed by atoms with Gasteiger partial charge in [0.15, 0.2) is 0 Å². The first kappa shape index (κ1) is 15.5. The second-order valence-corrected chi connectivity index (χ2v) is 6.10. The number of anilines is 2. The molecule has 2 atom stereocenters. The predicted molar refractivity (Wildman–Crippen MR) is 91.6 cm³/mol. The van der Waals surface area contributed by atoms with Crippen molar-refractivity contribution in [1.82, 2.24) is 9.88 Å². The number of carbonyl (C=O) groups excluding carboxylic acids is 1. The number of hydrogen-bond acceptors (Lipinski definition) is 4. The maximum absolute atomic E-state index is 12.5. The van der Waals surface area contributed by atoms with Gasteiger partial charge in [-0.25, -0.2) is 0 Å². The molecule has 0 saturated carbocycles. The number of hydrogen-bond donors (Lipinski definition) is 2. The molecule has 23 heavy (non-hydrogen) atoms. The van der Waals surface area contributed by atoms with Crippen LogP contribution in [-0.4, -0.2) is 34.9 Å². The van der Waals surface area contributed by atoms with E-state index >= 15 is 0 Å². The molecule has 1 aromatic heterocycles. The van der Waals surface area contributed by atoms with Gasteiger partial charge in [0, 0.05) is 36.6 Å². The summed E-state index contributed by atoms with van der Waals surface area (Å²) >= 11 is 0. The molecule has 5 nitrogen and oxygen atoms in total. The monoisotopic (exact) mass is 310 g/mol. The molecule has 0 radical (unpaired) electrons. The van der Waals surface area contributed by atoms with E-state index in [2.05, 4.69) is 10.3 Å². The molecule has 1 aliphatic heterocycles. The van der Waals surface area contributed by atoms with E-state index in [-0.39, 0.29) is 11.9 Å². The van der Waals surface area contributed by atoms with E-state index in [1.807, 2.05) is 48.2 Å². The molecule has 1 fully saturated rings. The van der Waals surface area contributed by atoms with Gasteiger partial charge in [-0.3, -0.25) is 9.78 Å². The zero-order chi connectivity index (χ0) is 16.2. The molecular formula is C18H22N4O. The van der Waals surface area contributed by atoms with Gasteiger partial charge >= 0.3 is 0 Å². The van der Waals surface area contributed by atoms with Crippen molar-refractivity contribution in [1.29, 1.82) is 0 Å². The van der Waals surface area contributed by atoms with Crippen molar-refractivity contribution in [3.05, 3.63) is 54.4 Å². The third-order valence-corrected chi connectivity index (χ3v) is 4.34. The highest BCUT2D eigenvalue weighted by Gasteiger charge is 2.28. The van der Waals surface area contributed by atoms with Gasteiger partial charge in [-0.2, -0.15) is 0 Å². The van der Waals surface area contributed by atoms with E-state index in [4.69, 9.17) is 5.73 Å². The highest BCUT2D eigenvalue weighted by Crippen LogP contribution is 2.22. The lowest BCUT2D eigenvalue weighted by molar-refractivity contribution is 0.0786. The van der Waals surface area contributed by atoms with Gasteiger partial charge in [0.2, 0.25) is 0 Å². The van der Waals surface area contributed by atoms with Crippen molar-refractivity contribution >= 4 is 17.3 Å². The van der Waals surface area contributed by atoms with Gasteiger partial charge in [-0.15, -0.1) is 0 Å². The van der Waals surface area contributed by atoms with E-state index in [1.165, 1.54) is 0 Å². The average Bonchev–Trinajstić information content (AvgIpc) is 3.06. The fraction of sp³-hybridized carbons (Fsp3) is 0.333. The molecule has 1 amide bonds. The van der Waals surface area contributed by atoms with Gasteiger partial charge in [-0.1, -0.05) is 0 Å². The number of aromatic nitrogens is 1. The lowest BCUT2D eigenvalue weighted by Gasteiger charge is -2.18. The van der Waals surface area contributed by atoms with E-state index in [9.17, 15) is 4.79 Å². The topological polar surface area (TPSA) is 71.2 Å². The number of benzene rings is 1. The summed E-state index contributed by atoms with van der Waals surface area (Å²) in [5.74, 6) is 0.492. The van der Waals surface area contributed by atoms with Crippen LogP contribution < -0.4 is 11.1 Å². The molecule has 0 spiro atoms. The average molecular weight is 310 g/mol. The van der Waals surface area contributed by atoms with E-state index in [0.717, 1.165) is 30.9 Å². The molecule has 0 aliphatic carbocycles. The number of nitrogens with one attached hydrogen (secondary N) is 1. The van der Waals surface area contributed by atoms with Crippen molar-refractivity contribution in [2.24, 2.45) is 11.7 Å². The molecule has 2 aromatic rings. The minimum absolute atomic E-state index is 0.0843. The van der Waals surface area contributed by atoms with Crippen LogP contribution in [0, 0.1) is 5.92 Å². The van der Waals surface area contributed by atoms with Crippen LogP contribution in [0.4, 0.5) is 11.4 Å². The van der Waals surface area contributed by atoms with Gasteiger partial charge in [-0.05, 0) is 55.7 Å². The first-order valence-electron chi connectivity index (χ1n) is 7.95.